The predicted molar refractivity (Wildman–Crippen MR) is 104 cm³/mol. The lowest BCUT2D eigenvalue weighted by molar-refractivity contribution is -0.149. The van der Waals surface area contributed by atoms with Crippen LogP contribution in [0.25, 0.3) is 0 Å². The minimum atomic E-state index is -5.15. The molecule has 1 heterocycles. The average molecular weight is 480 g/mol. The third-order valence-electron chi connectivity index (χ3n) is 5.44. The van der Waals surface area contributed by atoms with Gasteiger partial charge in [0.1, 0.15) is 18.6 Å². The molecule has 11 heteroatoms. The van der Waals surface area contributed by atoms with Crippen LogP contribution in [0.2, 0.25) is 5.02 Å². The lowest BCUT2D eigenvalue weighted by Gasteiger charge is -2.34. The zero-order chi connectivity index (χ0) is 23.8. The number of nitrogens with one attached hydrogen (secondary N) is 1. The van der Waals surface area contributed by atoms with Gasteiger partial charge in [-0.25, -0.2) is 18.4 Å². The number of carbonyl (C=O) groups excluding carboxylic acids is 2. The molecule has 0 aromatic heterocycles. The van der Waals surface area contributed by atoms with Crippen LogP contribution in [-0.4, -0.2) is 31.8 Å². The fraction of sp³-hybridized carbons (Fsp3) is 0.429. The Kier molecular flexibility index (Phi) is 6.83. The zero-order valence-electron chi connectivity index (χ0n) is 17.0. The van der Waals surface area contributed by atoms with Crippen molar-refractivity contribution in [1.82, 2.24) is 5.32 Å². The normalized spacial score (nSPS) is 19.4. The van der Waals surface area contributed by atoms with Crippen LogP contribution in [0.4, 0.5) is 22.0 Å². The van der Waals surface area contributed by atoms with E-state index in [2.05, 4.69) is 10.1 Å². The lowest BCUT2D eigenvalue weighted by Crippen LogP contribution is -2.36. The van der Waals surface area contributed by atoms with Gasteiger partial charge in [0.15, 0.2) is 0 Å². The van der Waals surface area contributed by atoms with Gasteiger partial charge in [-0.15, -0.1) is 0 Å². The number of hydrogen-bond donors (Lipinski definition) is 1. The molecule has 2 aliphatic rings. The molecule has 1 N–H and O–H groups in total. The summed E-state index contributed by atoms with van der Waals surface area (Å²) in [5.41, 5.74) is -4.32. The van der Waals surface area contributed by atoms with Crippen molar-refractivity contribution in [2.24, 2.45) is 0 Å². The summed E-state index contributed by atoms with van der Waals surface area (Å²) in [5, 5.41) is 1.66. The third kappa shape index (κ3) is 4.32. The van der Waals surface area contributed by atoms with E-state index in [9.17, 15) is 31.5 Å². The molecule has 0 bridgehead atoms. The SMILES string of the molecule is COC(=O)C1=C(CF)NC(C)=C(C(=O)OC2CCC2)C1c1c(F)ccc(Cl)c1C(F)(F)F. The van der Waals surface area contributed by atoms with Gasteiger partial charge in [0.25, 0.3) is 0 Å². The van der Waals surface area contributed by atoms with Gasteiger partial charge in [-0.05, 0) is 38.3 Å². The fourth-order valence-corrected chi connectivity index (χ4v) is 4.03. The van der Waals surface area contributed by atoms with Crippen LogP contribution in [0, 0.1) is 5.82 Å². The van der Waals surface area contributed by atoms with Gasteiger partial charge in [0, 0.05) is 11.3 Å². The number of alkyl halides is 4. The number of benzene rings is 1. The molecule has 1 aromatic rings. The van der Waals surface area contributed by atoms with E-state index in [1.54, 1.807) is 0 Å². The lowest BCUT2D eigenvalue weighted by atomic mass is 9.78. The van der Waals surface area contributed by atoms with Crippen LogP contribution in [-0.2, 0) is 25.2 Å². The summed E-state index contributed by atoms with van der Waals surface area (Å²) in [6.45, 7) is -0.0173. The first-order valence-electron chi connectivity index (χ1n) is 9.62. The Morgan fingerprint density at radius 3 is 2.34 bits per heavy atom. The van der Waals surface area contributed by atoms with Gasteiger partial charge in [0.05, 0.1) is 40.5 Å². The van der Waals surface area contributed by atoms with Crippen molar-refractivity contribution in [3.8, 4) is 0 Å². The smallest absolute Gasteiger partial charge is 0.418 e. The number of halogens is 6. The minimum Gasteiger partial charge on any atom is -0.466 e. The molecule has 1 unspecified atom stereocenters. The average Bonchev–Trinajstić information content (AvgIpc) is 2.69. The van der Waals surface area contributed by atoms with Crippen molar-refractivity contribution >= 4 is 23.5 Å². The van der Waals surface area contributed by atoms with Crippen molar-refractivity contribution in [1.29, 1.82) is 0 Å². The number of hydrogen-bond acceptors (Lipinski definition) is 5. The monoisotopic (exact) mass is 479 g/mol. The van der Waals surface area contributed by atoms with E-state index in [0.29, 0.717) is 25.0 Å². The Labute approximate surface area is 185 Å². The van der Waals surface area contributed by atoms with E-state index in [1.807, 2.05) is 0 Å². The van der Waals surface area contributed by atoms with Crippen molar-refractivity contribution in [2.45, 2.75) is 44.4 Å². The fourth-order valence-electron chi connectivity index (χ4n) is 3.75. The second kappa shape index (κ2) is 9.09. The second-order valence-electron chi connectivity index (χ2n) is 7.39. The van der Waals surface area contributed by atoms with E-state index >= 15 is 0 Å². The molecule has 1 atom stereocenters. The molecule has 174 valence electrons. The van der Waals surface area contributed by atoms with Gasteiger partial charge >= 0.3 is 18.1 Å². The number of esters is 2. The highest BCUT2D eigenvalue weighted by Gasteiger charge is 2.47. The largest absolute Gasteiger partial charge is 0.466 e. The molecule has 0 radical (unpaired) electrons. The Hall–Kier alpha value is -2.62. The standard InChI is InChI=1S/C21H19ClF5NO4/c1-9-14(20(30)32-10-4-3-5-10)17(16(19(29)31-2)13(8-23)28-9)15-12(24)7-6-11(22)18(15)21(25,26)27/h6-7,10,17,28H,3-5,8H2,1-2H3. The summed E-state index contributed by atoms with van der Waals surface area (Å²) >= 11 is 5.78. The van der Waals surface area contributed by atoms with Gasteiger partial charge in [-0.1, -0.05) is 11.6 Å². The Bertz CT molecular complexity index is 1010. The van der Waals surface area contributed by atoms with Gasteiger partial charge < -0.3 is 14.8 Å². The molecule has 1 aliphatic heterocycles. The first kappa shape index (κ1) is 24.0. The molecule has 1 aromatic carbocycles. The Balaban J connectivity index is 2.32. The number of carbonyl (C=O) groups is 2. The summed E-state index contributed by atoms with van der Waals surface area (Å²) in [7, 11) is 0.929. The van der Waals surface area contributed by atoms with E-state index in [1.165, 1.54) is 6.92 Å². The molecule has 32 heavy (non-hydrogen) atoms. The highest BCUT2D eigenvalue weighted by atomic mass is 35.5. The van der Waals surface area contributed by atoms with E-state index in [-0.39, 0.29) is 5.70 Å². The molecular formula is C21H19ClF5NO4. The molecule has 1 aliphatic carbocycles. The van der Waals surface area contributed by atoms with Crippen LogP contribution >= 0.6 is 11.6 Å². The number of methoxy groups -OCH3 is 1. The van der Waals surface area contributed by atoms with Crippen molar-refractivity contribution in [3.05, 3.63) is 56.6 Å². The number of ether oxygens (including phenoxy) is 2. The van der Waals surface area contributed by atoms with Crippen molar-refractivity contribution < 1.29 is 41.0 Å². The van der Waals surface area contributed by atoms with Crippen LogP contribution in [0.1, 0.15) is 43.2 Å². The van der Waals surface area contributed by atoms with Crippen LogP contribution in [0.15, 0.2) is 34.7 Å². The van der Waals surface area contributed by atoms with E-state index in [0.717, 1.165) is 13.5 Å². The number of allylic oxidation sites excluding steroid dienone is 2. The predicted octanol–water partition coefficient (Wildman–Crippen LogP) is 4.95. The molecule has 1 fully saturated rings. The van der Waals surface area contributed by atoms with Crippen molar-refractivity contribution in [3.63, 3.8) is 0 Å². The summed E-state index contributed by atoms with van der Waals surface area (Å²) in [6, 6.07) is 1.40. The first-order chi connectivity index (χ1) is 15.0. The summed E-state index contributed by atoms with van der Waals surface area (Å²) in [5.74, 6) is -5.62. The number of dihydropyridines is 1. The quantitative estimate of drug-likeness (QED) is 0.478. The van der Waals surface area contributed by atoms with Gasteiger partial charge in [-0.2, -0.15) is 13.2 Å². The molecular weight excluding hydrogens is 461 g/mol. The summed E-state index contributed by atoms with van der Waals surface area (Å²) in [4.78, 5) is 25.5. The Morgan fingerprint density at radius 2 is 1.84 bits per heavy atom. The topological polar surface area (TPSA) is 64.6 Å². The highest BCUT2D eigenvalue weighted by Crippen LogP contribution is 2.48. The Morgan fingerprint density at radius 1 is 1.19 bits per heavy atom. The maximum Gasteiger partial charge on any atom is 0.418 e. The molecule has 3 rings (SSSR count). The molecule has 1 saturated carbocycles. The van der Waals surface area contributed by atoms with Crippen LogP contribution in [0.3, 0.4) is 0 Å². The maximum absolute atomic E-state index is 15.0. The second-order valence-corrected chi connectivity index (χ2v) is 7.80. The molecule has 0 saturated heterocycles. The van der Waals surface area contributed by atoms with Crippen LogP contribution in [0.5, 0.6) is 0 Å². The van der Waals surface area contributed by atoms with Crippen LogP contribution < -0.4 is 5.32 Å². The molecule has 0 amide bonds. The minimum absolute atomic E-state index is 0.0767. The van der Waals surface area contributed by atoms with E-state index < -0.39 is 75.6 Å². The number of rotatable bonds is 5. The maximum atomic E-state index is 15.0. The van der Waals surface area contributed by atoms with Gasteiger partial charge in [0.2, 0.25) is 0 Å². The summed E-state index contributed by atoms with van der Waals surface area (Å²) < 4.78 is 80.5. The molecule has 0 spiro atoms. The third-order valence-corrected chi connectivity index (χ3v) is 5.76. The summed E-state index contributed by atoms with van der Waals surface area (Å²) in [6.07, 6.45) is -3.68. The first-order valence-corrected chi connectivity index (χ1v) is 10.00. The van der Waals surface area contributed by atoms with Crippen molar-refractivity contribution in [2.75, 3.05) is 13.8 Å². The zero-order valence-corrected chi connectivity index (χ0v) is 17.8. The van der Waals surface area contributed by atoms with E-state index in [4.69, 9.17) is 16.3 Å². The highest BCUT2D eigenvalue weighted by molar-refractivity contribution is 6.31. The molecule has 5 nitrogen and oxygen atoms in total. The van der Waals surface area contributed by atoms with Gasteiger partial charge in [-0.3, -0.25) is 0 Å².